The maximum absolute atomic E-state index is 9.73. The summed E-state index contributed by atoms with van der Waals surface area (Å²) in [4.78, 5) is 12.3. The van der Waals surface area contributed by atoms with E-state index in [1.165, 1.54) is 65.7 Å². The van der Waals surface area contributed by atoms with Gasteiger partial charge in [-0.25, -0.2) is 9.97 Å². The molecule has 4 heteroatoms. The summed E-state index contributed by atoms with van der Waals surface area (Å²) >= 11 is 1.91. The number of hydrogen-bond acceptors (Lipinski definition) is 4. The van der Waals surface area contributed by atoms with Crippen molar-refractivity contribution in [2.75, 3.05) is 0 Å². The van der Waals surface area contributed by atoms with E-state index >= 15 is 0 Å². The first-order valence-electron chi connectivity index (χ1n) is 10.8. The van der Waals surface area contributed by atoms with E-state index in [2.05, 4.69) is 19.9 Å². The lowest BCUT2D eigenvalue weighted by Crippen LogP contribution is -2.19. The van der Waals surface area contributed by atoms with Crippen molar-refractivity contribution in [2.24, 2.45) is 11.3 Å². The quantitative estimate of drug-likeness (QED) is 0.683. The van der Waals surface area contributed by atoms with Crippen LogP contribution in [-0.2, 0) is 6.42 Å². The molecule has 0 aliphatic heterocycles. The third-order valence-electron chi connectivity index (χ3n) is 6.95. The van der Waals surface area contributed by atoms with Crippen LogP contribution in [0.2, 0.25) is 0 Å². The summed E-state index contributed by atoms with van der Waals surface area (Å²) in [5.41, 5.74) is 1.77. The minimum Gasteiger partial charge on any atom is -0.393 e. The van der Waals surface area contributed by atoms with Gasteiger partial charge in [-0.2, -0.15) is 0 Å². The average Bonchev–Trinajstić information content (AvgIpc) is 3.04. The highest BCUT2D eigenvalue weighted by Gasteiger charge is 2.29. The van der Waals surface area contributed by atoms with Gasteiger partial charge in [-0.1, -0.05) is 13.8 Å². The molecule has 0 bridgehead atoms. The predicted octanol–water partition coefficient (Wildman–Crippen LogP) is 6.17. The van der Waals surface area contributed by atoms with Crippen molar-refractivity contribution in [1.82, 2.24) is 9.97 Å². The lowest BCUT2D eigenvalue weighted by atomic mass is 9.73. The molecule has 0 unspecified atom stereocenters. The van der Waals surface area contributed by atoms with Crippen molar-refractivity contribution in [3.63, 3.8) is 0 Å². The number of aliphatic hydroxyl groups excluding tert-OH is 1. The van der Waals surface area contributed by atoms with E-state index in [1.807, 2.05) is 18.3 Å². The fourth-order valence-corrected chi connectivity index (χ4v) is 6.23. The van der Waals surface area contributed by atoms with E-state index in [0.29, 0.717) is 11.3 Å². The minimum absolute atomic E-state index is 0.0610. The van der Waals surface area contributed by atoms with Gasteiger partial charge in [0.05, 0.1) is 11.8 Å². The third kappa shape index (κ3) is 4.54. The van der Waals surface area contributed by atoms with Gasteiger partial charge in [0.15, 0.2) is 0 Å². The summed E-state index contributed by atoms with van der Waals surface area (Å²) in [6.45, 7) is 6.85. The van der Waals surface area contributed by atoms with E-state index in [9.17, 15) is 5.11 Å². The van der Waals surface area contributed by atoms with Gasteiger partial charge in [-0.05, 0) is 94.4 Å². The monoisotopic (exact) mass is 386 g/mol. The molecule has 0 saturated heterocycles. The van der Waals surface area contributed by atoms with E-state index in [4.69, 9.17) is 9.97 Å². The van der Waals surface area contributed by atoms with Crippen LogP contribution >= 0.6 is 11.3 Å². The van der Waals surface area contributed by atoms with Gasteiger partial charge >= 0.3 is 0 Å². The Bertz CT molecular complexity index is 779. The first-order chi connectivity index (χ1) is 12.9. The first kappa shape index (κ1) is 19.3. The van der Waals surface area contributed by atoms with Crippen LogP contribution in [0, 0.1) is 18.3 Å². The zero-order valence-corrected chi connectivity index (χ0v) is 17.9. The normalized spacial score (nSPS) is 26.5. The van der Waals surface area contributed by atoms with Crippen molar-refractivity contribution in [3.8, 4) is 0 Å². The molecule has 0 spiro atoms. The highest BCUT2D eigenvalue weighted by Crippen LogP contribution is 2.45. The van der Waals surface area contributed by atoms with Crippen molar-refractivity contribution >= 4 is 21.6 Å². The molecule has 4 rings (SSSR count). The van der Waals surface area contributed by atoms with Gasteiger partial charge in [0.2, 0.25) is 0 Å². The van der Waals surface area contributed by atoms with Crippen LogP contribution in [0.1, 0.15) is 93.9 Å². The van der Waals surface area contributed by atoms with Crippen LogP contribution in [0.3, 0.4) is 0 Å². The van der Waals surface area contributed by atoms with E-state index in [0.717, 1.165) is 31.0 Å². The van der Waals surface area contributed by atoms with Gasteiger partial charge in [-0.15, -0.1) is 11.3 Å². The summed E-state index contributed by atoms with van der Waals surface area (Å²) in [5.74, 6) is 2.37. The maximum Gasteiger partial charge on any atom is 0.127 e. The van der Waals surface area contributed by atoms with Crippen molar-refractivity contribution < 1.29 is 5.11 Å². The Balaban J connectivity index is 1.50. The fourth-order valence-electron chi connectivity index (χ4n) is 4.97. The zero-order valence-electron chi connectivity index (χ0n) is 17.1. The molecule has 0 atom stereocenters. The van der Waals surface area contributed by atoms with Crippen LogP contribution in [0.5, 0.6) is 0 Å². The van der Waals surface area contributed by atoms with Crippen LogP contribution in [-0.4, -0.2) is 21.2 Å². The lowest BCUT2D eigenvalue weighted by molar-refractivity contribution is 0.106. The number of aromatic nitrogens is 2. The smallest absolute Gasteiger partial charge is 0.127 e. The molecule has 27 heavy (non-hydrogen) atoms. The summed E-state index contributed by atoms with van der Waals surface area (Å²) in [6.07, 6.45) is 11.8. The fraction of sp³-hybridized carbons (Fsp3) is 0.739. The van der Waals surface area contributed by atoms with Gasteiger partial charge in [0.1, 0.15) is 10.7 Å². The lowest BCUT2D eigenvalue weighted by Gasteiger charge is -2.33. The van der Waals surface area contributed by atoms with Crippen LogP contribution in [0.4, 0.5) is 0 Å². The predicted molar refractivity (Wildman–Crippen MR) is 113 cm³/mol. The van der Waals surface area contributed by atoms with E-state index < -0.39 is 0 Å². The molecule has 1 N–H and O–H groups in total. The number of nitrogens with zero attached hydrogens (tertiary/aromatic N) is 2. The summed E-state index contributed by atoms with van der Waals surface area (Å²) < 4.78 is 0. The average molecular weight is 387 g/mol. The molecule has 0 aromatic carbocycles. The molecule has 0 radical (unpaired) electrons. The van der Waals surface area contributed by atoms with Gasteiger partial charge in [0, 0.05) is 10.3 Å². The Morgan fingerprint density at radius 3 is 2.48 bits per heavy atom. The highest BCUT2D eigenvalue weighted by molar-refractivity contribution is 7.18. The molecule has 2 heterocycles. The molecular formula is C23H34N2OS. The highest BCUT2D eigenvalue weighted by atomic mass is 32.1. The second-order valence-corrected chi connectivity index (χ2v) is 10.8. The Morgan fingerprint density at radius 1 is 1.07 bits per heavy atom. The Labute approximate surface area is 167 Å². The van der Waals surface area contributed by atoms with Crippen molar-refractivity contribution in [3.05, 3.63) is 22.5 Å². The molecule has 0 amide bonds. The number of fused-ring (bicyclic) bond motifs is 1. The Morgan fingerprint density at radius 2 is 1.78 bits per heavy atom. The second-order valence-electron chi connectivity index (χ2n) is 9.74. The number of rotatable bonds is 4. The SMILES string of the molecule is Cc1nc(CCC2CCC(O)CC2)c2cc(C3CCC(C)(C)CC3)sc2n1. The molecule has 2 aromatic heterocycles. The largest absolute Gasteiger partial charge is 0.393 e. The summed E-state index contributed by atoms with van der Waals surface area (Å²) in [5, 5.41) is 11.0. The Kier molecular flexibility index (Phi) is 5.57. The molecule has 2 aliphatic rings. The number of aryl methyl sites for hydroxylation is 2. The minimum atomic E-state index is -0.0610. The standard InChI is InChI=1S/C23H34N2OS/c1-15-24-20(9-6-16-4-7-18(26)8-5-16)19-14-21(27-22(19)25-15)17-10-12-23(2,3)13-11-17/h14,16-18,26H,4-13H2,1-3H3. The Hall–Kier alpha value is -1.00. The van der Waals surface area contributed by atoms with Crippen LogP contribution in [0.25, 0.3) is 10.2 Å². The van der Waals surface area contributed by atoms with E-state index in [-0.39, 0.29) is 6.10 Å². The molecule has 2 aliphatic carbocycles. The summed E-state index contributed by atoms with van der Waals surface area (Å²) in [6, 6.07) is 2.42. The molecule has 148 valence electrons. The number of thiophene rings is 1. The second kappa shape index (κ2) is 7.79. The van der Waals surface area contributed by atoms with Crippen molar-refractivity contribution in [2.45, 2.75) is 97.0 Å². The number of hydrogen-bond donors (Lipinski definition) is 1. The molecule has 3 nitrogen and oxygen atoms in total. The van der Waals surface area contributed by atoms with Gasteiger partial charge in [-0.3, -0.25) is 0 Å². The summed E-state index contributed by atoms with van der Waals surface area (Å²) in [7, 11) is 0. The first-order valence-corrected chi connectivity index (χ1v) is 11.7. The molecule has 2 fully saturated rings. The zero-order chi connectivity index (χ0) is 19.0. The van der Waals surface area contributed by atoms with Gasteiger partial charge < -0.3 is 5.11 Å². The van der Waals surface area contributed by atoms with E-state index in [1.54, 1.807) is 0 Å². The molecule has 2 saturated carbocycles. The third-order valence-corrected chi connectivity index (χ3v) is 8.14. The van der Waals surface area contributed by atoms with Crippen LogP contribution < -0.4 is 0 Å². The van der Waals surface area contributed by atoms with Gasteiger partial charge in [0.25, 0.3) is 0 Å². The number of aliphatic hydroxyl groups is 1. The molecule has 2 aromatic rings. The van der Waals surface area contributed by atoms with Crippen LogP contribution in [0.15, 0.2) is 6.07 Å². The molecular weight excluding hydrogens is 352 g/mol. The maximum atomic E-state index is 9.73. The topological polar surface area (TPSA) is 46.0 Å². The van der Waals surface area contributed by atoms with Crippen molar-refractivity contribution in [1.29, 1.82) is 0 Å².